The quantitative estimate of drug-likeness (QED) is 0.701. The molecular formula is C17H17N3O2S. The summed E-state index contributed by atoms with van der Waals surface area (Å²) in [6, 6.07) is 15.1. The van der Waals surface area contributed by atoms with E-state index in [0.29, 0.717) is 0 Å². The number of carbonyl (C=O) groups excluding carboxylic acids is 1. The van der Waals surface area contributed by atoms with Crippen molar-refractivity contribution < 1.29 is 9.53 Å². The number of methoxy groups -OCH3 is 1. The molecular weight excluding hydrogens is 310 g/mol. The van der Waals surface area contributed by atoms with E-state index in [1.54, 1.807) is 7.11 Å². The number of nitrogens with zero attached hydrogens (tertiary/aromatic N) is 1. The van der Waals surface area contributed by atoms with Crippen molar-refractivity contribution in [1.29, 1.82) is 0 Å². The van der Waals surface area contributed by atoms with Crippen molar-refractivity contribution in [2.75, 3.05) is 12.4 Å². The Bertz CT molecular complexity index is 781. The highest BCUT2D eigenvalue weighted by Crippen LogP contribution is 2.24. The Kier molecular flexibility index (Phi) is 4.52. The molecule has 23 heavy (non-hydrogen) atoms. The molecule has 118 valence electrons. The summed E-state index contributed by atoms with van der Waals surface area (Å²) in [5, 5.41) is 3.36. The minimum absolute atomic E-state index is 0.0689. The van der Waals surface area contributed by atoms with Crippen molar-refractivity contribution in [2.45, 2.75) is 17.3 Å². The van der Waals surface area contributed by atoms with E-state index in [4.69, 9.17) is 4.74 Å². The first-order chi connectivity index (χ1) is 11.2. The standard InChI is InChI=1S/C17H17N3O2S/c1-11(16(21)18-12-7-9-13(22-2)10-8-12)23-17-19-14-5-3-4-6-15(14)20-17/h3-11H,1-2H3,(H,18,21)(H,19,20)/t11-/m0/s1. The monoisotopic (exact) mass is 327 g/mol. The molecule has 0 radical (unpaired) electrons. The van der Waals surface area contributed by atoms with Crippen LogP contribution in [0.2, 0.25) is 0 Å². The molecule has 0 spiro atoms. The second-order valence-corrected chi connectivity index (χ2v) is 6.37. The summed E-state index contributed by atoms with van der Waals surface area (Å²) < 4.78 is 5.10. The number of nitrogens with one attached hydrogen (secondary N) is 2. The summed E-state index contributed by atoms with van der Waals surface area (Å²) in [7, 11) is 1.61. The summed E-state index contributed by atoms with van der Waals surface area (Å²) in [5.41, 5.74) is 2.61. The van der Waals surface area contributed by atoms with Crippen LogP contribution in [0.4, 0.5) is 5.69 Å². The van der Waals surface area contributed by atoms with E-state index in [1.165, 1.54) is 11.8 Å². The number of benzene rings is 2. The summed E-state index contributed by atoms with van der Waals surface area (Å²) in [4.78, 5) is 20.0. The summed E-state index contributed by atoms with van der Waals surface area (Å²) in [6.07, 6.45) is 0. The molecule has 0 aliphatic rings. The summed E-state index contributed by atoms with van der Waals surface area (Å²) in [6.45, 7) is 1.86. The van der Waals surface area contributed by atoms with Gasteiger partial charge in [-0.2, -0.15) is 0 Å². The van der Waals surface area contributed by atoms with Crippen molar-refractivity contribution in [3.8, 4) is 5.75 Å². The lowest BCUT2D eigenvalue weighted by atomic mass is 10.3. The van der Waals surface area contributed by atoms with Crippen LogP contribution < -0.4 is 10.1 Å². The second kappa shape index (κ2) is 6.75. The summed E-state index contributed by atoms with van der Waals surface area (Å²) >= 11 is 1.40. The van der Waals surface area contributed by atoms with Gasteiger partial charge in [-0.1, -0.05) is 23.9 Å². The van der Waals surface area contributed by atoms with Gasteiger partial charge in [-0.05, 0) is 43.3 Å². The first-order valence-corrected chi connectivity index (χ1v) is 8.10. The third-order valence-electron chi connectivity index (χ3n) is 3.38. The molecule has 1 amide bonds. The smallest absolute Gasteiger partial charge is 0.237 e. The zero-order valence-electron chi connectivity index (χ0n) is 12.9. The molecule has 0 aliphatic heterocycles. The minimum Gasteiger partial charge on any atom is -0.497 e. The lowest BCUT2D eigenvalue weighted by Crippen LogP contribution is -2.22. The van der Waals surface area contributed by atoms with Gasteiger partial charge in [0.2, 0.25) is 5.91 Å². The number of imidazole rings is 1. The van der Waals surface area contributed by atoms with E-state index in [0.717, 1.165) is 27.6 Å². The van der Waals surface area contributed by atoms with E-state index in [2.05, 4.69) is 15.3 Å². The maximum atomic E-state index is 12.3. The Morgan fingerprint density at radius 3 is 2.65 bits per heavy atom. The molecule has 0 fully saturated rings. The number of aromatic amines is 1. The van der Waals surface area contributed by atoms with Crippen molar-refractivity contribution >= 4 is 34.4 Å². The fourth-order valence-corrected chi connectivity index (χ4v) is 2.95. The molecule has 0 aliphatic carbocycles. The molecule has 0 saturated heterocycles. The van der Waals surface area contributed by atoms with Gasteiger partial charge in [0.05, 0.1) is 23.4 Å². The van der Waals surface area contributed by atoms with Gasteiger partial charge in [0.25, 0.3) is 0 Å². The van der Waals surface area contributed by atoms with Crippen molar-refractivity contribution in [1.82, 2.24) is 9.97 Å². The van der Waals surface area contributed by atoms with Crippen molar-refractivity contribution in [2.24, 2.45) is 0 Å². The van der Waals surface area contributed by atoms with E-state index in [9.17, 15) is 4.79 Å². The fourth-order valence-electron chi connectivity index (χ4n) is 2.12. The molecule has 5 nitrogen and oxygen atoms in total. The molecule has 0 unspecified atom stereocenters. The number of para-hydroxylation sites is 2. The summed E-state index contributed by atoms with van der Waals surface area (Å²) in [5.74, 6) is 0.688. The molecule has 6 heteroatoms. The molecule has 2 N–H and O–H groups in total. The minimum atomic E-state index is -0.266. The molecule has 0 bridgehead atoms. The lowest BCUT2D eigenvalue weighted by molar-refractivity contribution is -0.115. The molecule has 1 aromatic heterocycles. The average Bonchev–Trinajstić information content (AvgIpc) is 2.97. The second-order valence-electron chi connectivity index (χ2n) is 5.04. The largest absolute Gasteiger partial charge is 0.497 e. The first-order valence-electron chi connectivity index (χ1n) is 7.22. The molecule has 0 saturated carbocycles. The fraction of sp³-hybridized carbons (Fsp3) is 0.176. The molecule has 2 aromatic carbocycles. The molecule has 1 heterocycles. The first kappa shape index (κ1) is 15.4. The number of ether oxygens (including phenoxy) is 1. The van der Waals surface area contributed by atoms with Gasteiger partial charge in [-0.25, -0.2) is 4.98 Å². The van der Waals surface area contributed by atoms with Crippen LogP contribution in [0, 0.1) is 0 Å². The number of carbonyl (C=O) groups is 1. The Labute approximate surface area is 138 Å². The van der Waals surface area contributed by atoms with Crippen LogP contribution in [0.3, 0.4) is 0 Å². The molecule has 1 atom stereocenters. The maximum absolute atomic E-state index is 12.3. The van der Waals surface area contributed by atoms with E-state index in [-0.39, 0.29) is 11.2 Å². The SMILES string of the molecule is COc1ccc(NC(=O)[C@H](C)Sc2nc3ccccc3[nH]2)cc1. The van der Waals surface area contributed by atoms with Crippen LogP contribution in [0.25, 0.3) is 11.0 Å². The van der Waals surface area contributed by atoms with Gasteiger partial charge >= 0.3 is 0 Å². The van der Waals surface area contributed by atoms with E-state index >= 15 is 0 Å². The third-order valence-corrected chi connectivity index (χ3v) is 4.37. The predicted octanol–water partition coefficient (Wildman–Crippen LogP) is 3.69. The number of thioether (sulfide) groups is 1. The van der Waals surface area contributed by atoms with Crippen LogP contribution in [0.15, 0.2) is 53.7 Å². The van der Waals surface area contributed by atoms with Gasteiger partial charge in [0.1, 0.15) is 5.75 Å². The zero-order chi connectivity index (χ0) is 16.2. The van der Waals surface area contributed by atoms with Crippen LogP contribution >= 0.6 is 11.8 Å². The number of aromatic nitrogens is 2. The normalized spacial score (nSPS) is 12.1. The highest BCUT2D eigenvalue weighted by Gasteiger charge is 2.16. The van der Waals surface area contributed by atoms with Gasteiger partial charge in [0, 0.05) is 5.69 Å². The number of hydrogen-bond donors (Lipinski definition) is 2. The number of anilines is 1. The Morgan fingerprint density at radius 1 is 1.22 bits per heavy atom. The maximum Gasteiger partial charge on any atom is 0.237 e. The van der Waals surface area contributed by atoms with Gasteiger partial charge in [0.15, 0.2) is 5.16 Å². The van der Waals surface area contributed by atoms with E-state index < -0.39 is 0 Å². The third kappa shape index (κ3) is 3.65. The number of hydrogen-bond acceptors (Lipinski definition) is 4. The van der Waals surface area contributed by atoms with Crippen LogP contribution in [0.5, 0.6) is 5.75 Å². The number of fused-ring (bicyclic) bond motifs is 1. The van der Waals surface area contributed by atoms with Gasteiger partial charge in [-0.15, -0.1) is 0 Å². The highest BCUT2D eigenvalue weighted by molar-refractivity contribution is 8.00. The van der Waals surface area contributed by atoms with Crippen LogP contribution in [-0.4, -0.2) is 28.2 Å². The van der Waals surface area contributed by atoms with Crippen LogP contribution in [-0.2, 0) is 4.79 Å². The lowest BCUT2D eigenvalue weighted by Gasteiger charge is -2.11. The molecule has 3 rings (SSSR count). The van der Waals surface area contributed by atoms with Crippen LogP contribution in [0.1, 0.15) is 6.92 Å². The number of amides is 1. The van der Waals surface area contributed by atoms with Gasteiger partial charge < -0.3 is 15.0 Å². The zero-order valence-corrected chi connectivity index (χ0v) is 13.7. The highest BCUT2D eigenvalue weighted by atomic mass is 32.2. The van der Waals surface area contributed by atoms with Gasteiger partial charge in [-0.3, -0.25) is 4.79 Å². The van der Waals surface area contributed by atoms with E-state index in [1.807, 2.05) is 55.5 Å². The Balaban J connectivity index is 1.64. The average molecular weight is 327 g/mol. The predicted molar refractivity (Wildman–Crippen MR) is 93.0 cm³/mol. The number of H-pyrrole nitrogens is 1. The molecule has 3 aromatic rings. The number of rotatable bonds is 5. The topological polar surface area (TPSA) is 67.0 Å². The Morgan fingerprint density at radius 2 is 1.96 bits per heavy atom. The van der Waals surface area contributed by atoms with Crippen molar-refractivity contribution in [3.63, 3.8) is 0 Å². The Hall–Kier alpha value is -2.47. The van der Waals surface area contributed by atoms with Crippen molar-refractivity contribution in [3.05, 3.63) is 48.5 Å².